The second-order valence-electron chi connectivity index (χ2n) is 6.44. The summed E-state index contributed by atoms with van der Waals surface area (Å²) in [5, 5.41) is 10.7. The molecule has 1 saturated heterocycles. The average molecular weight is 302 g/mol. The highest BCUT2D eigenvalue weighted by Crippen LogP contribution is 2.35. The lowest BCUT2D eigenvalue weighted by Gasteiger charge is -2.44. The molecular weight excluding hydrogens is 280 g/mol. The molecule has 0 N–H and O–H groups in total. The van der Waals surface area contributed by atoms with Crippen LogP contribution in [0.3, 0.4) is 0 Å². The zero-order chi connectivity index (χ0) is 15.5. The van der Waals surface area contributed by atoms with Gasteiger partial charge in [-0.2, -0.15) is 0 Å². The normalized spacial score (nSPS) is 24.6. The molecule has 0 spiro atoms. The van der Waals surface area contributed by atoms with E-state index in [1.54, 1.807) is 12.1 Å². The second kappa shape index (κ2) is 6.46. The third kappa shape index (κ3) is 3.13. The molecule has 2 aliphatic rings. The molecule has 1 saturated carbocycles. The maximum Gasteiger partial charge on any atom is 0.269 e. The topological polar surface area (TPSA) is 63.4 Å². The van der Waals surface area contributed by atoms with Gasteiger partial charge in [0.05, 0.1) is 11.3 Å². The Hall–Kier alpha value is -1.91. The maximum atomic E-state index is 12.6. The average Bonchev–Trinajstić information content (AvgIpc) is 2.54. The SMILES string of the molecule is O=C(Cc1ccc([N+](=O)[O-])cc1)N1CCC[C@H]2CCCC[C@@H]21. The summed E-state index contributed by atoms with van der Waals surface area (Å²) in [5.74, 6) is 0.855. The third-order valence-electron chi connectivity index (χ3n) is 5.07. The summed E-state index contributed by atoms with van der Waals surface area (Å²) < 4.78 is 0. The lowest BCUT2D eigenvalue weighted by Crippen LogP contribution is -2.50. The zero-order valence-corrected chi connectivity index (χ0v) is 12.7. The number of fused-ring (bicyclic) bond motifs is 1. The monoisotopic (exact) mass is 302 g/mol. The molecule has 1 aromatic carbocycles. The summed E-state index contributed by atoms with van der Waals surface area (Å²) in [6.07, 6.45) is 7.62. The zero-order valence-electron chi connectivity index (χ0n) is 12.7. The highest BCUT2D eigenvalue weighted by Gasteiger charge is 2.35. The highest BCUT2D eigenvalue weighted by molar-refractivity contribution is 5.79. The van der Waals surface area contributed by atoms with Crippen molar-refractivity contribution in [1.29, 1.82) is 0 Å². The van der Waals surface area contributed by atoms with E-state index in [0.717, 1.165) is 24.9 Å². The van der Waals surface area contributed by atoms with Gasteiger partial charge in [-0.1, -0.05) is 25.0 Å². The van der Waals surface area contributed by atoms with Crippen LogP contribution in [0.15, 0.2) is 24.3 Å². The number of amides is 1. The molecule has 1 aromatic rings. The number of hydrogen-bond donors (Lipinski definition) is 0. The smallest absolute Gasteiger partial charge is 0.269 e. The number of carbonyl (C=O) groups excluding carboxylic acids is 1. The first kappa shape index (κ1) is 15.0. The van der Waals surface area contributed by atoms with E-state index in [9.17, 15) is 14.9 Å². The van der Waals surface area contributed by atoms with Gasteiger partial charge in [0.1, 0.15) is 0 Å². The highest BCUT2D eigenvalue weighted by atomic mass is 16.6. The number of nitro benzene ring substituents is 1. The van der Waals surface area contributed by atoms with Crippen LogP contribution >= 0.6 is 0 Å². The van der Waals surface area contributed by atoms with Crippen molar-refractivity contribution in [2.45, 2.75) is 51.0 Å². The number of nitro groups is 1. The molecule has 1 amide bonds. The Morgan fingerprint density at radius 2 is 1.82 bits per heavy atom. The fraction of sp³-hybridized carbons (Fsp3) is 0.588. The van der Waals surface area contributed by atoms with E-state index in [4.69, 9.17) is 0 Å². The third-order valence-corrected chi connectivity index (χ3v) is 5.07. The lowest BCUT2D eigenvalue weighted by atomic mass is 9.78. The molecule has 2 atom stereocenters. The number of nitrogens with zero attached hydrogens (tertiary/aromatic N) is 2. The predicted molar refractivity (Wildman–Crippen MR) is 83.5 cm³/mol. The van der Waals surface area contributed by atoms with Gasteiger partial charge in [0.25, 0.3) is 5.69 Å². The first-order valence-corrected chi connectivity index (χ1v) is 8.18. The van der Waals surface area contributed by atoms with E-state index in [-0.39, 0.29) is 11.6 Å². The molecule has 2 fully saturated rings. The quantitative estimate of drug-likeness (QED) is 0.635. The molecule has 0 radical (unpaired) electrons. The Balaban J connectivity index is 1.66. The van der Waals surface area contributed by atoms with Crippen molar-refractivity contribution in [1.82, 2.24) is 4.90 Å². The van der Waals surface area contributed by atoms with Gasteiger partial charge >= 0.3 is 0 Å². The fourth-order valence-corrected chi connectivity index (χ4v) is 3.95. The molecule has 118 valence electrons. The molecule has 1 aliphatic heterocycles. The summed E-state index contributed by atoms with van der Waals surface area (Å²) in [6, 6.07) is 6.76. The number of hydrogen-bond acceptors (Lipinski definition) is 3. The summed E-state index contributed by atoms with van der Waals surface area (Å²) in [5.41, 5.74) is 0.926. The van der Waals surface area contributed by atoms with Gasteiger partial charge in [-0.25, -0.2) is 0 Å². The van der Waals surface area contributed by atoms with E-state index in [2.05, 4.69) is 4.90 Å². The summed E-state index contributed by atoms with van der Waals surface area (Å²) >= 11 is 0. The van der Waals surface area contributed by atoms with Crippen LogP contribution in [0.2, 0.25) is 0 Å². The van der Waals surface area contributed by atoms with Gasteiger partial charge in [-0.05, 0) is 37.2 Å². The molecule has 0 aromatic heterocycles. The van der Waals surface area contributed by atoms with Crippen molar-refractivity contribution in [3.05, 3.63) is 39.9 Å². The Bertz CT molecular complexity index is 554. The summed E-state index contributed by atoms with van der Waals surface area (Å²) in [6.45, 7) is 0.868. The molecule has 1 aliphatic carbocycles. The number of likely N-dealkylation sites (tertiary alicyclic amines) is 1. The van der Waals surface area contributed by atoms with Crippen LogP contribution in [0.25, 0.3) is 0 Å². The van der Waals surface area contributed by atoms with Gasteiger partial charge in [0.2, 0.25) is 5.91 Å². The van der Waals surface area contributed by atoms with E-state index >= 15 is 0 Å². The van der Waals surface area contributed by atoms with Crippen molar-refractivity contribution in [2.24, 2.45) is 5.92 Å². The first-order valence-electron chi connectivity index (χ1n) is 8.18. The Morgan fingerprint density at radius 1 is 1.14 bits per heavy atom. The van der Waals surface area contributed by atoms with Crippen LogP contribution in [-0.2, 0) is 11.2 Å². The van der Waals surface area contributed by atoms with Crippen LogP contribution in [0.4, 0.5) is 5.69 Å². The van der Waals surface area contributed by atoms with Crippen LogP contribution in [-0.4, -0.2) is 28.3 Å². The molecule has 5 nitrogen and oxygen atoms in total. The molecule has 5 heteroatoms. The minimum absolute atomic E-state index is 0.0708. The second-order valence-corrected chi connectivity index (χ2v) is 6.44. The lowest BCUT2D eigenvalue weighted by molar-refractivity contribution is -0.384. The van der Waals surface area contributed by atoms with Gasteiger partial charge in [-0.3, -0.25) is 14.9 Å². The number of benzene rings is 1. The number of rotatable bonds is 3. The van der Waals surface area contributed by atoms with Crippen molar-refractivity contribution in [2.75, 3.05) is 6.54 Å². The van der Waals surface area contributed by atoms with Gasteiger partial charge in [-0.15, -0.1) is 0 Å². The van der Waals surface area contributed by atoms with Crippen LogP contribution in [0.1, 0.15) is 44.1 Å². The minimum atomic E-state index is -0.414. The molecule has 3 rings (SSSR count). The van der Waals surface area contributed by atoms with Crippen molar-refractivity contribution < 1.29 is 9.72 Å². The van der Waals surface area contributed by atoms with Gasteiger partial charge in [0, 0.05) is 24.7 Å². The molecule has 22 heavy (non-hydrogen) atoms. The maximum absolute atomic E-state index is 12.6. The van der Waals surface area contributed by atoms with Crippen molar-refractivity contribution in [3.63, 3.8) is 0 Å². The van der Waals surface area contributed by atoms with Gasteiger partial charge in [0.15, 0.2) is 0 Å². The Morgan fingerprint density at radius 3 is 2.55 bits per heavy atom. The number of carbonyl (C=O) groups is 1. The van der Waals surface area contributed by atoms with Gasteiger partial charge < -0.3 is 4.90 Å². The predicted octanol–water partition coefficient (Wildman–Crippen LogP) is 3.32. The van der Waals surface area contributed by atoms with E-state index in [1.807, 2.05) is 0 Å². The Kier molecular flexibility index (Phi) is 4.41. The van der Waals surface area contributed by atoms with E-state index in [1.165, 1.54) is 37.8 Å². The van der Waals surface area contributed by atoms with E-state index < -0.39 is 4.92 Å². The fourth-order valence-electron chi connectivity index (χ4n) is 3.95. The van der Waals surface area contributed by atoms with Crippen molar-refractivity contribution in [3.8, 4) is 0 Å². The van der Waals surface area contributed by atoms with Crippen LogP contribution in [0, 0.1) is 16.0 Å². The Labute approximate surface area is 130 Å². The van der Waals surface area contributed by atoms with Crippen LogP contribution in [0.5, 0.6) is 0 Å². The van der Waals surface area contributed by atoms with E-state index in [0.29, 0.717) is 18.4 Å². The summed E-state index contributed by atoms with van der Waals surface area (Å²) in [7, 11) is 0. The number of non-ortho nitro benzene ring substituents is 1. The molecular formula is C17H22N2O3. The molecule has 1 heterocycles. The molecule has 0 bridgehead atoms. The largest absolute Gasteiger partial charge is 0.339 e. The van der Waals surface area contributed by atoms with Crippen molar-refractivity contribution >= 4 is 11.6 Å². The number of piperidine rings is 1. The standard InChI is InChI=1S/C17H22N2O3/c20-17(12-13-7-9-15(10-8-13)19(21)22)18-11-3-5-14-4-1-2-6-16(14)18/h7-10,14,16H,1-6,11-12H2/t14-,16+/m1/s1. The summed E-state index contributed by atoms with van der Waals surface area (Å²) in [4.78, 5) is 25.0. The first-order chi connectivity index (χ1) is 10.6. The molecule has 0 unspecified atom stereocenters. The minimum Gasteiger partial charge on any atom is -0.339 e. The van der Waals surface area contributed by atoms with Crippen LogP contribution < -0.4 is 0 Å².